The van der Waals surface area contributed by atoms with Crippen LogP contribution in [0.3, 0.4) is 0 Å². The van der Waals surface area contributed by atoms with E-state index in [1.165, 1.54) is 16.9 Å². The third kappa shape index (κ3) is 3.09. The number of rotatable bonds is 4. The maximum absolute atomic E-state index is 13.0. The van der Waals surface area contributed by atoms with Crippen LogP contribution in [0.25, 0.3) is 10.2 Å². The zero-order valence-corrected chi connectivity index (χ0v) is 15.0. The van der Waals surface area contributed by atoms with E-state index in [-0.39, 0.29) is 12.0 Å². The van der Waals surface area contributed by atoms with Crippen molar-refractivity contribution in [1.29, 1.82) is 0 Å². The average Bonchev–Trinajstić information content (AvgIpc) is 3.31. The molecule has 1 amide bonds. The van der Waals surface area contributed by atoms with Crippen molar-refractivity contribution < 1.29 is 9.53 Å². The van der Waals surface area contributed by atoms with Gasteiger partial charge in [0.1, 0.15) is 0 Å². The maximum Gasteiger partial charge on any atom is 0.270 e. The van der Waals surface area contributed by atoms with Gasteiger partial charge in [-0.15, -0.1) is 11.3 Å². The van der Waals surface area contributed by atoms with Crippen molar-refractivity contribution in [3.8, 4) is 0 Å². The summed E-state index contributed by atoms with van der Waals surface area (Å²) < 4.78 is 6.86. The van der Waals surface area contributed by atoms with E-state index in [0.717, 1.165) is 39.7 Å². The predicted octanol–water partition coefficient (Wildman–Crippen LogP) is 4.49. The molecule has 3 heterocycles. The summed E-state index contributed by atoms with van der Waals surface area (Å²) in [5, 5.41) is 2.68. The average molecular weight is 358 g/mol. The first-order chi connectivity index (χ1) is 11.7. The lowest BCUT2D eigenvalue weighted by Gasteiger charge is -2.22. The topological polar surface area (TPSA) is 42.4 Å². The van der Waals surface area contributed by atoms with Gasteiger partial charge in [0.25, 0.3) is 5.91 Å². The van der Waals surface area contributed by atoms with E-state index >= 15 is 0 Å². The molecule has 4 nitrogen and oxygen atoms in total. The minimum Gasteiger partial charge on any atom is -0.376 e. The summed E-state index contributed by atoms with van der Waals surface area (Å²) in [5.41, 5.74) is 2.14. The number of benzene rings is 1. The first-order valence-corrected chi connectivity index (χ1v) is 9.74. The molecular formula is C18H18N2O2S2. The van der Waals surface area contributed by atoms with Gasteiger partial charge < -0.3 is 4.74 Å². The van der Waals surface area contributed by atoms with Crippen molar-refractivity contribution in [2.45, 2.75) is 25.9 Å². The molecule has 1 saturated heterocycles. The minimum atomic E-state index is 0.0104. The molecular weight excluding hydrogens is 340 g/mol. The number of aromatic nitrogens is 1. The largest absolute Gasteiger partial charge is 0.376 e. The van der Waals surface area contributed by atoms with Crippen molar-refractivity contribution in [1.82, 2.24) is 4.98 Å². The molecule has 4 rings (SSSR count). The second kappa shape index (κ2) is 6.63. The van der Waals surface area contributed by atoms with Crippen LogP contribution in [0, 0.1) is 6.92 Å². The van der Waals surface area contributed by atoms with E-state index in [9.17, 15) is 4.79 Å². The minimum absolute atomic E-state index is 0.0104. The SMILES string of the molecule is Cc1ccc2nc(N(CC3CCCO3)C(=O)c3cccs3)sc2c1. The Kier molecular flexibility index (Phi) is 4.35. The molecule has 0 saturated carbocycles. The molecule has 0 radical (unpaired) electrons. The number of hydrogen-bond acceptors (Lipinski definition) is 5. The molecule has 124 valence electrons. The molecule has 3 aromatic rings. The van der Waals surface area contributed by atoms with Gasteiger partial charge in [0.2, 0.25) is 0 Å². The molecule has 1 aliphatic heterocycles. The van der Waals surface area contributed by atoms with Crippen LogP contribution in [0.5, 0.6) is 0 Å². The van der Waals surface area contributed by atoms with Gasteiger partial charge in [0, 0.05) is 6.61 Å². The number of carbonyl (C=O) groups is 1. The number of anilines is 1. The number of thiazole rings is 1. The molecule has 1 atom stereocenters. The van der Waals surface area contributed by atoms with Crippen molar-refractivity contribution >= 4 is 43.9 Å². The summed E-state index contributed by atoms with van der Waals surface area (Å²) in [5.74, 6) is 0.0104. The lowest BCUT2D eigenvalue weighted by molar-refractivity contribution is 0.0920. The predicted molar refractivity (Wildman–Crippen MR) is 99.3 cm³/mol. The van der Waals surface area contributed by atoms with Crippen LogP contribution in [0.15, 0.2) is 35.7 Å². The van der Waals surface area contributed by atoms with Crippen molar-refractivity contribution in [2.24, 2.45) is 0 Å². The van der Waals surface area contributed by atoms with Crippen LogP contribution in [0.4, 0.5) is 5.13 Å². The normalized spacial score (nSPS) is 17.5. The lowest BCUT2D eigenvalue weighted by atomic mass is 10.2. The molecule has 2 aromatic heterocycles. The second-order valence-electron chi connectivity index (χ2n) is 6.00. The Balaban J connectivity index is 1.70. The Bertz CT molecular complexity index is 851. The van der Waals surface area contributed by atoms with Crippen LogP contribution in [0.2, 0.25) is 0 Å². The fourth-order valence-electron chi connectivity index (χ4n) is 2.91. The molecule has 24 heavy (non-hydrogen) atoms. The highest BCUT2D eigenvalue weighted by molar-refractivity contribution is 7.22. The molecule has 0 N–H and O–H groups in total. The number of hydrogen-bond donors (Lipinski definition) is 0. The van der Waals surface area contributed by atoms with Crippen LogP contribution in [-0.4, -0.2) is 30.1 Å². The molecule has 0 bridgehead atoms. The summed E-state index contributed by atoms with van der Waals surface area (Å²) in [6, 6.07) is 9.97. The third-order valence-electron chi connectivity index (χ3n) is 4.15. The van der Waals surface area contributed by atoms with Gasteiger partial charge >= 0.3 is 0 Å². The monoisotopic (exact) mass is 358 g/mol. The lowest BCUT2D eigenvalue weighted by Crippen LogP contribution is -2.37. The van der Waals surface area contributed by atoms with Crippen molar-refractivity contribution in [3.63, 3.8) is 0 Å². The van der Waals surface area contributed by atoms with E-state index in [2.05, 4.69) is 19.1 Å². The van der Waals surface area contributed by atoms with Crippen LogP contribution >= 0.6 is 22.7 Å². The van der Waals surface area contributed by atoms with E-state index in [0.29, 0.717) is 6.54 Å². The van der Waals surface area contributed by atoms with Crippen molar-refractivity contribution in [3.05, 3.63) is 46.2 Å². The number of thiophene rings is 1. The summed E-state index contributed by atoms with van der Waals surface area (Å²) in [4.78, 5) is 20.2. The standard InChI is InChI=1S/C18H18N2O2S2/c1-12-6-7-14-16(10-12)24-18(19-14)20(11-13-4-2-8-22-13)17(21)15-5-3-9-23-15/h3,5-7,9-10,13H,2,4,8,11H2,1H3. The first-order valence-electron chi connectivity index (χ1n) is 8.05. The van der Waals surface area contributed by atoms with Gasteiger partial charge in [-0.2, -0.15) is 0 Å². The Morgan fingerprint density at radius 1 is 1.42 bits per heavy atom. The van der Waals surface area contributed by atoms with E-state index in [4.69, 9.17) is 9.72 Å². The summed E-state index contributed by atoms with van der Waals surface area (Å²) >= 11 is 3.04. The zero-order valence-electron chi connectivity index (χ0n) is 13.4. The Hall–Kier alpha value is -1.76. The van der Waals surface area contributed by atoms with Gasteiger partial charge in [-0.3, -0.25) is 9.69 Å². The number of aryl methyl sites for hydroxylation is 1. The quantitative estimate of drug-likeness (QED) is 0.690. The fraction of sp³-hybridized carbons (Fsp3) is 0.333. The van der Waals surface area contributed by atoms with Crippen molar-refractivity contribution in [2.75, 3.05) is 18.1 Å². The molecule has 1 aliphatic rings. The van der Waals surface area contributed by atoms with Gasteiger partial charge in [0.05, 0.1) is 27.7 Å². The highest BCUT2D eigenvalue weighted by Gasteiger charge is 2.27. The van der Waals surface area contributed by atoms with E-state index < -0.39 is 0 Å². The van der Waals surface area contributed by atoms with Crippen LogP contribution in [0.1, 0.15) is 28.1 Å². The maximum atomic E-state index is 13.0. The van der Waals surface area contributed by atoms with Gasteiger partial charge in [-0.25, -0.2) is 4.98 Å². The Labute approximate surface area is 148 Å². The molecule has 1 aromatic carbocycles. The van der Waals surface area contributed by atoms with Gasteiger partial charge in [-0.1, -0.05) is 23.5 Å². The number of fused-ring (bicyclic) bond motifs is 1. The number of amides is 1. The highest BCUT2D eigenvalue weighted by atomic mass is 32.1. The smallest absolute Gasteiger partial charge is 0.270 e. The summed E-state index contributed by atoms with van der Waals surface area (Å²) in [6.07, 6.45) is 2.16. The fourth-order valence-corrected chi connectivity index (χ4v) is 4.65. The second-order valence-corrected chi connectivity index (χ2v) is 7.95. The summed E-state index contributed by atoms with van der Waals surface area (Å²) in [7, 11) is 0. The zero-order chi connectivity index (χ0) is 16.5. The number of nitrogens with zero attached hydrogens (tertiary/aromatic N) is 2. The third-order valence-corrected chi connectivity index (χ3v) is 6.05. The Morgan fingerprint density at radius 3 is 3.08 bits per heavy atom. The van der Waals surface area contributed by atoms with E-state index in [1.54, 1.807) is 16.2 Å². The van der Waals surface area contributed by atoms with Crippen LogP contribution < -0.4 is 4.90 Å². The Morgan fingerprint density at radius 2 is 2.33 bits per heavy atom. The van der Waals surface area contributed by atoms with Crippen LogP contribution in [-0.2, 0) is 4.74 Å². The summed E-state index contributed by atoms with van der Waals surface area (Å²) in [6.45, 7) is 3.42. The van der Waals surface area contributed by atoms with Gasteiger partial charge in [-0.05, 0) is 48.9 Å². The van der Waals surface area contributed by atoms with E-state index in [1.807, 2.05) is 23.6 Å². The molecule has 1 fully saturated rings. The highest BCUT2D eigenvalue weighted by Crippen LogP contribution is 2.32. The number of carbonyl (C=O) groups excluding carboxylic acids is 1. The molecule has 0 spiro atoms. The molecule has 0 aliphatic carbocycles. The molecule has 6 heteroatoms. The number of ether oxygens (including phenoxy) is 1. The first kappa shape index (κ1) is 15.7. The molecule has 1 unspecified atom stereocenters. The van der Waals surface area contributed by atoms with Gasteiger partial charge in [0.15, 0.2) is 5.13 Å².